The zero-order valence-electron chi connectivity index (χ0n) is 15.9. The standard InChI is InChI=1S/C19H19F5N2O4S/c20-31(21,22,23,24)17-9-7-16(8-10-17)30-15-5-3-14(4-6-15)25-18(27)13-2-1-11-26(12-13)19(28)29/h3-10,13H,1-2,11-12H2,(H,25,27)(H,28,29). The summed E-state index contributed by atoms with van der Waals surface area (Å²) >= 11 is 0. The van der Waals surface area contributed by atoms with E-state index in [1.165, 1.54) is 29.2 Å². The average molecular weight is 466 g/mol. The molecule has 0 radical (unpaired) electrons. The number of benzene rings is 2. The number of ether oxygens (including phenoxy) is 1. The van der Waals surface area contributed by atoms with E-state index >= 15 is 0 Å². The van der Waals surface area contributed by atoms with Crippen molar-refractivity contribution in [3.63, 3.8) is 0 Å². The number of nitrogens with zero attached hydrogens (tertiary/aromatic N) is 1. The van der Waals surface area contributed by atoms with Gasteiger partial charge in [0.15, 0.2) is 0 Å². The molecule has 31 heavy (non-hydrogen) atoms. The van der Waals surface area contributed by atoms with Crippen LogP contribution in [0, 0.1) is 5.92 Å². The van der Waals surface area contributed by atoms with Crippen molar-refractivity contribution in [3.8, 4) is 11.5 Å². The first-order valence-corrected chi connectivity index (χ1v) is 11.1. The van der Waals surface area contributed by atoms with Gasteiger partial charge in [0.2, 0.25) is 5.91 Å². The number of nitrogens with one attached hydrogen (secondary N) is 1. The Morgan fingerprint density at radius 2 is 1.52 bits per heavy atom. The minimum Gasteiger partial charge on any atom is -0.465 e. The molecule has 1 saturated heterocycles. The molecule has 1 fully saturated rings. The second kappa shape index (κ2) is 7.29. The van der Waals surface area contributed by atoms with Crippen LogP contribution in [0.4, 0.5) is 29.9 Å². The van der Waals surface area contributed by atoms with E-state index in [1.807, 2.05) is 0 Å². The van der Waals surface area contributed by atoms with E-state index in [0.717, 1.165) is 12.1 Å². The first kappa shape index (κ1) is 22.7. The summed E-state index contributed by atoms with van der Waals surface area (Å²) in [7, 11) is -9.74. The van der Waals surface area contributed by atoms with Crippen molar-refractivity contribution >= 4 is 27.9 Å². The van der Waals surface area contributed by atoms with Gasteiger partial charge >= 0.3 is 16.3 Å². The van der Waals surface area contributed by atoms with E-state index < -0.39 is 27.1 Å². The van der Waals surface area contributed by atoms with Crippen LogP contribution in [0.5, 0.6) is 11.5 Å². The van der Waals surface area contributed by atoms with Gasteiger partial charge in [0.05, 0.1) is 5.92 Å². The fourth-order valence-electron chi connectivity index (χ4n) is 3.12. The normalized spacial score (nSPS) is 19.1. The van der Waals surface area contributed by atoms with Gasteiger partial charge in [-0.25, -0.2) is 4.79 Å². The third-order valence-electron chi connectivity index (χ3n) is 4.69. The van der Waals surface area contributed by atoms with Crippen molar-refractivity contribution in [2.75, 3.05) is 18.4 Å². The molecule has 2 amide bonds. The number of hydrogen-bond acceptors (Lipinski definition) is 3. The lowest BCUT2D eigenvalue weighted by molar-refractivity contribution is -0.121. The second-order valence-electron chi connectivity index (χ2n) is 7.12. The summed E-state index contributed by atoms with van der Waals surface area (Å²) in [5.74, 6) is -0.661. The number of rotatable bonds is 5. The minimum absolute atomic E-state index is 0.0710. The van der Waals surface area contributed by atoms with Crippen LogP contribution in [-0.4, -0.2) is 35.1 Å². The van der Waals surface area contributed by atoms with E-state index in [1.54, 1.807) is 0 Å². The van der Waals surface area contributed by atoms with Gasteiger partial charge in [0.1, 0.15) is 16.4 Å². The monoisotopic (exact) mass is 466 g/mol. The number of anilines is 1. The molecule has 170 valence electrons. The topological polar surface area (TPSA) is 78.9 Å². The predicted molar refractivity (Wildman–Crippen MR) is 105 cm³/mol. The largest absolute Gasteiger partial charge is 0.465 e. The lowest BCUT2D eigenvalue weighted by atomic mass is 9.97. The third kappa shape index (κ3) is 6.00. The zero-order valence-corrected chi connectivity index (χ0v) is 16.8. The highest BCUT2D eigenvalue weighted by Gasteiger charge is 2.65. The number of amides is 2. The molecule has 2 aromatic carbocycles. The quantitative estimate of drug-likeness (QED) is 0.496. The van der Waals surface area contributed by atoms with E-state index in [-0.39, 0.29) is 36.1 Å². The first-order chi connectivity index (χ1) is 14.2. The number of carbonyl (C=O) groups is 2. The van der Waals surface area contributed by atoms with Crippen LogP contribution in [0.1, 0.15) is 12.8 Å². The molecule has 0 saturated carbocycles. The summed E-state index contributed by atoms with van der Waals surface area (Å²) in [6.07, 6.45) is 0.0663. The van der Waals surface area contributed by atoms with Gasteiger partial charge < -0.3 is 20.1 Å². The van der Waals surface area contributed by atoms with Crippen LogP contribution >= 0.6 is 10.2 Å². The highest BCUT2D eigenvalue weighted by atomic mass is 32.5. The molecule has 12 heteroatoms. The van der Waals surface area contributed by atoms with Crippen molar-refractivity contribution < 1.29 is 38.9 Å². The zero-order chi connectivity index (χ0) is 22.9. The molecule has 1 unspecified atom stereocenters. The SMILES string of the molecule is O=C(Nc1ccc(Oc2ccc(S(F)(F)(F)(F)F)cc2)cc1)C1CCCN(C(=O)O)C1. The van der Waals surface area contributed by atoms with Crippen molar-refractivity contribution in [1.82, 2.24) is 4.90 Å². The van der Waals surface area contributed by atoms with Crippen molar-refractivity contribution in [1.29, 1.82) is 0 Å². The maximum atomic E-state index is 12.7. The molecule has 1 heterocycles. The van der Waals surface area contributed by atoms with Gasteiger partial charge in [-0.3, -0.25) is 4.79 Å². The molecule has 1 aliphatic heterocycles. The molecule has 3 rings (SSSR count). The smallest absolute Gasteiger partial charge is 0.407 e. The van der Waals surface area contributed by atoms with Gasteiger partial charge in [0, 0.05) is 18.8 Å². The summed E-state index contributed by atoms with van der Waals surface area (Å²) in [4.78, 5) is 22.6. The summed E-state index contributed by atoms with van der Waals surface area (Å²) in [5, 5.41) is 11.7. The second-order valence-corrected chi connectivity index (χ2v) is 9.53. The molecule has 6 nitrogen and oxygen atoms in total. The van der Waals surface area contributed by atoms with Gasteiger partial charge in [-0.2, -0.15) is 0 Å². The van der Waals surface area contributed by atoms with Crippen molar-refractivity contribution in [2.45, 2.75) is 17.7 Å². The van der Waals surface area contributed by atoms with Crippen LogP contribution in [0.15, 0.2) is 53.4 Å². The Bertz CT molecular complexity index is 982. The Morgan fingerprint density at radius 3 is 2.03 bits per heavy atom. The predicted octanol–water partition coefficient (Wildman–Crippen LogP) is 6.46. The summed E-state index contributed by atoms with van der Waals surface area (Å²) in [6.45, 7) is 0.492. The Labute approximate surface area is 174 Å². The summed E-state index contributed by atoms with van der Waals surface area (Å²) in [6, 6.07) is 7.98. The van der Waals surface area contributed by atoms with Gasteiger partial charge in [-0.15, -0.1) is 0 Å². The van der Waals surface area contributed by atoms with Crippen molar-refractivity contribution in [3.05, 3.63) is 48.5 Å². The molecule has 1 aliphatic rings. The molecular weight excluding hydrogens is 447 g/mol. The average Bonchev–Trinajstić information content (AvgIpc) is 2.68. The maximum absolute atomic E-state index is 12.7. The molecular formula is C19H19F5N2O4S. The highest BCUT2D eigenvalue weighted by Crippen LogP contribution is 3.02. The van der Waals surface area contributed by atoms with Gasteiger partial charge in [-0.1, -0.05) is 19.4 Å². The van der Waals surface area contributed by atoms with Gasteiger partial charge in [0.25, 0.3) is 0 Å². The Balaban J connectivity index is 1.60. The fraction of sp³-hybridized carbons (Fsp3) is 0.263. The van der Waals surface area contributed by atoms with E-state index in [2.05, 4.69) is 5.32 Å². The summed E-state index contributed by atoms with van der Waals surface area (Å²) in [5.41, 5.74) is 0.418. The van der Waals surface area contributed by atoms with Crippen molar-refractivity contribution in [2.24, 2.45) is 5.92 Å². The first-order valence-electron chi connectivity index (χ1n) is 9.12. The van der Waals surface area contributed by atoms with Crippen LogP contribution in [0.2, 0.25) is 0 Å². The number of hydrogen-bond donors (Lipinski definition) is 2. The minimum atomic E-state index is -9.74. The number of halogens is 5. The number of piperidine rings is 1. The highest BCUT2D eigenvalue weighted by molar-refractivity contribution is 8.45. The lowest BCUT2D eigenvalue weighted by Crippen LogP contribution is -2.43. The number of likely N-dealkylation sites (tertiary alicyclic amines) is 1. The van der Waals surface area contributed by atoms with Crippen LogP contribution < -0.4 is 10.1 Å². The van der Waals surface area contributed by atoms with Crippen LogP contribution in [0.25, 0.3) is 0 Å². The molecule has 0 spiro atoms. The number of carboxylic acid groups (broad SMARTS) is 1. The Kier molecular flexibility index (Phi) is 5.33. The van der Waals surface area contributed by atoms with Crippen LogP contribution in [0.3, 0.4) is 0 Å². The lowest BCUT2D eigenvalue weighted by Gasteiger charge is -2.40. The molecule has 0 aromatic heterocycles. The Hall–Kier alpha value is -3.02. The van der Waals surface area contributed by atoms with Crippen LogP contribution in [-0.2, 0) is 4.79 Å². The molecule has 2 aromatic rings. The Morgan fingerprint density at radius 1 is 0.968 bits per heavy atom. The molecule has 0 aliphatic carbocycles. The van der Waals surface area contributed by atoms with E-state index in [4.69, 9.17) is 9.84 Å². The molecule has 0 bridgehead atoms. The van der Waals surface area contributed by atoms with E-state index in [9.17, 15) is 29.0 Å². The molecule has 1 atom stereocenters. The number of carbonyl (C=O) groups excluding carboxylic acids is 1. The maximum Gasteiger partial charge on any atom is 0.407 e. The van der Waals surface area contributed by atoms with E-state index in [0.29, 0.717) is 25.1 Å². The molecule has 2 N–H and O–H groups in total. The fourth-order valence-corrected chi connectivity index (χ4v) is 3.77. The summed E-state index contributed by atoms with van der Waals surface area (Å²) < 4.78 is 69.1. The van der Waals surface area contributed by atoms with Gasteiger partial charge in [-0.05, 0) is 61.4 Å². The third-order valence-corrected chi connectivity index (χ3v) is 5.85.